The van der Waals surface area contributed by atoms with Gasteiger partial charge in [-0.2, -0.15) is 0 Å². The molecule has 0 aromatic carbocycles. The van der Waals surface area contributed by atoms with Crippen molar-refractivity contribution in [2.24, 2.45) is 0 Å². The van der Waals surface area contributed by atoms with E-state index in [4.69, 9.17) is 30.0 Å². The molecule has 0 heterocycles. The zero-order chi connectivity index (χ0) is 11.7. The van der Waals surface area contributed by atoms with E-state index >= 15 is 0 Å². The van der Waals surface area contributed by atoms with Crippen LogP contribution in [0.4, 0.5) is 9.59 Å². The van der Waals surface area contributed by atoms with Crippen LogP contribution in [0.1, 0.15) is 0 Å². The van der Waals surface area contributed by atoms with Crippen molar-refractivity contribution < 1.29 is 34.5 Å². The summed E-state index contributed by atoms with van der Waals surface area (Å²) in [7, 11) is 8.50. The van der Waals surface area contributed by atoms with Crippen LogP contribution in [0.3, 0.4) is 0 Å². The Kier molecular flexibility index (Phi) is 29.0. The SMILES string of the molecule is C[N+](C)(C)C.N.N.O=C(O)O.O=C(O)O. The molecule has 0 rings (SSSR count). The Morgan fingerprint density at radius 1 is 0.733 bits per heavy atom. The molecule has 96 valence electrons. The van der Waals surface area contributed by atoms with Crippen molar-refractivity contribution in [1.29, 1.82) is 0 Å². The van der Waals surface area contributed by atoms with Crippen LogP contribution >= 0.6 is 0 Å². The fourth-order valence-electron chi connectivity index (χ4n) is 0. The molecule has 9 heteroatoms. The summed E-state index contributed by atoms with van der Waals surface area (Å²) in [6.45, 7) is 0. The molecule has 0 fully saturated rings. The molecular weight excluding hydrogens is 210 g/mol. The third-order valence-corrected chi connectivity index (χ3v) is 0. The predicted molar refractivity (Wildman–Crippen MR) is 55.3 cm³/mol. The fourth-order valence-corrected chi connectivity index (χ4v) is 0. The zero-order valence-electron chi connectivity index (χ0n) is 9.47. The van der Waals surface area contributed by atoms with Gasteiger partial charge in [0.25, 0.3) is 0 Å². The van der Waals surface area contributed by atoms with Crippen molar-refractivity contribution in [2.45, 2.75) is 0 Å². The van der Waals surface area contributed by atoms with Crippen LogP contribution < -0.4 is 12.3 Å². The van der Waals surface area contributed by atoms with Gasteiger partial charge in [0.2, 0.25) is 0 Å². The van der Waals surface area contributed by atoms with Gasteiger partial charge in [0.1, 0.15) is 0 Å². The number of carboxylic acid groups (broad SMARTS) is 4. The van der Waals surface area contributed by atoms with Crippen LogP contribution in [0.5, 0.6) is 0 Å². The topological polar surface area (TPSA) is 185 Å². The van der Waals surface area contributed by atoms with Crippen molar-refractivity contribution in [3.63, 3.8) is 0 Å². The number of nitrogens with zero attached hydrogens (tertiary/aromatic N) is 1. The molecule has 0 atom stereocenters. The first-order valence-corrected chi connectivity index (χ1v) is 3.09. The lowest BCUT2D eigenvalue weighted by Crippen LogP contribution is -2.27. The van der Waals surface area contributed by atoms with Gasteiger partial charge in [-0.15, -0.1) is 0 Å². The van der Waals surface area contributed by atoms with E-state index in [1.54, 1.807) is 0 Å². The summed E-state index contributed by atoms with van der Waals surface area (Å²) >= 11 is 0. The predicted octanol–water partition coefficient (Wildman–Crippen LogP) is 1.09. The van der Waals surface area contributed by atoms with Crippen LogP contribution in [0, 0.1) is 0 Å². The van der Waals surface area contributed by atoms with Crippen molar-refractivity contribution in [3.05, 3.63) is 0 Å². The van der Waals surface area contributed by atoms with Gasteiger partial charge < -0.3 is 37.2 Å². The maximum atomic E-state index is 8.56. The maximum absolute atomic E-state index is 8.56. The smallest absolute Gasteiger partial charge is 0.450 e. The van der Waals surface area contributed by atoms with Gasteiger partial charge in [0.15, 0.2) is 0 Å². The second-order valence-corrected chi connectivity index (χ2v) is 3.25. The summed E-state index contributed by atoms with van der Waals surface area (Å²) in [5.41, 5.74) is 0. The minimum atomic E-state index is -1.83. The molecule has 0 spiro atoms. The number of rotatable bonds is 0. The summed E-state index contributed by atoms with van der Waals surface area (Å²) in [4.78, 5) is 17.1. The lowest BCUT2D eigenvalue weighted by Gasteiger charge is -2.14. The Bertz CT molecular complexity index is 129. The fraction of sp³-hybridized carbons (Fsp3) is 0.667. The summed E-state index contributed by atoms with van der Waals surface area (Å²) in [6.07, 6.45) is -3.67. The van der Waals surface area contributed by atoms with Crippen molar-refractivity contribution in [2.75, 3.05) is 28.2 Å². The van der Waals surface area contributed by atoms with Crippen LogP contribution in [-0.2, 0) is 0 Å². The van der Waals surface area contributed by atoms with Gasteiger partial charge >= 0.3 is 12.3 Å². The van der Waals surface area contributed by atoms with E-state index in [1.807, 2.05) is 0 Å². The van der Waals surface area contributed by atoms with Gasteiger partial charge in [0, 0.05) is 0 Å². The Balaban J connectivity index is -0.0000000315. The highest BCUT2D eigenvalue weighted by molar-refractivity contribution is 5.53. The largest absolute Gasteiger partial charge is 0.503 e. The molecular formula is C6H22N3O6+. The van der Waals surface area contributed by atoms with Crippen LogP contribution in [-0.4, -0.2) is 65.4 Å². The van der Waals surface area contributed by atoms with E-state index in [9.17, 15) is 0 Å². The highest BCUT2D eigenvalue weighted by Crippen LogP contribution is 1.73. The molecule has 10 N–H and O–H groups in total. The standard InChI is InChI=1S/C4H12N.2CH2O3.2H3N/c1-5(2,3)4;2*2-1(3)4;;/h1-4H3;2*(H2,2,3,4);2*1H3/q+1;;;;. The summed E-state index contributed by atoms with van der Waals surface area (Å²) < 4.78 is 1.00. The van der Waals surface area contributed by atoms with Crippen molar-refractivity contribution in [3.8, 4) is 0 Å². The summed E-state index contributed by atoms with van der Waals surface area (Å²) in [6, 6.07) is 0. The van der Waals surface area contributed by atoms with E-state index in [2.05, 4.69) is 28.2 Å². The number of carbonyl (C=O) groups is 2. The summed E-state index contributed by atoms with van der Waals surface area (Å²) in [5.74, 6) is 0. The Labute approximate surface area is 88.3 Å². The molecule has 0 saturated heterocycles. The second-order valence-electron chi connectivity index (χ2n) is 3.25. The quantitative estimate of drug-likeness (QED) is 0.335. The lowest BCUT2D eigenvalue weighted by atomic mass is 10.8. The molecule has 0 aliphatic heterocycles. The first-order chi connectivity index (χ1) is 5.46. The second kappa shape index (κ2) is 14.9. The molecule has 0 bridgehead atoms. The first kappa shape index (κ1) is 29.2. The molecule has 0 aliphatic rings. The molecule has 0 aromatic heterocycles. The van der Waals surface area contributed by atoms with E-state index in [-0.39, 0.29) is 12.3 Å². The molecule has 0 aliphatic carbocycles. The van der Waals surface area contributed by atoms with Crippen molar-refractivity contribution in [1.82, 2.24) is 12.3 Å². The van der Waals surface area contributed by atoms with Crippen LogP contribution in [0.15, 0.2) is 0 Å². The first-order valence-electron chi connectivity index (χ1n) is 3.09. The van der Waals surface area contributed by atoms with E-state index in [1.165, 1.54) is 0 Å². The Hall–Kier alpha value is -1.58. The third kappa shape index (κ3) is 540. The molecule has 0 unspecified atom stereocenters. The Morgan fingerprint density at radius 2 is 0.733 bits per heavy atom. The Morgan fingerprint density at radius 3 is 0.733 bits per heavy atom. The highest BCUT2D eigenvalue weighted by Gasteiger charge is 1.88. The summed E-state index contributed by atoms with van der Waals surface area (Å²) in [5, 5.41) is 27.9. The van der Waals surface area contributed by atoms with Crippen LogP contribution in [0.2, 0.25) is 0 Å². The minimum absolute atomic E-state index is 0. The normalized spacial score (nSPS) is 7.20. The van der Waals surface area contributed by atoms with Crippen molar-refractivity contribution >= 4 is 12.3 Å². The number of hydrogen-bond acceptors (Lipinski definition) is 4. The van der Waals surface area contributed by atoms with Crippen LogP contribution in [0.25, 0.3) is 0 Å². The van der Waals surface area contributed by atoms with Gasteiger partial charge in [-0.1, -0.05) is 0 Å². The lowest BCUT2D eigenvalue weighted by molar-refractivity contribution is -0.849. The van der Waals surface area contributed by atoms with Gasteiger partial charge in [-0.25, -0.2) is 9.59 Å². The molecule has 0 saturated carbocycles. The molecule has 0 aromatic rings. The van der Waals surface area contributed by atoms with Gasteiger partial charge in [-0.3, -0.25) is 0 Å². The van der Waals surface area contributed by atoms with Gasteiger partial charge in [0.05, 0.1) is 28.2 Å². The van der Waals surface area contributed by atoms with E-state index in [0.717, 1.165) is 4.48 Å². The molecule has 0 amide bonds. The van der Waals surface area contributed by atoms with E-state index < -0.39 is 12.3 Å². The molecule has 9 nitrogen and oxygen atoms in total. The minimum Gasteiger partial charge on any atom is -0.450 e. The van der Waals surface area contributed by atoms with E-state index in [0.29, 0.717) is 0 Å². The average Bonchev–Trinajstić information content (AvgIpc) is 1.50. The monoisotopic (exact) mass is 232 g/mol. The highest BCUT2D eigenvalue weighted by atomic mass is 16.6. The third-order valence-electron chi connectivity index (χ3n) is 0. The molecule has 0 radical (unpaired) electrons. The average molecular weight is 232 g/mol. The number of quaternary nitrogens is 1. The zero-order valence-corrected chi connectivity index (χ0v) is 9.47. The molecule has 15 heavy (non-hydrogen) atoms. The maximum Gasteiger partial charge on any atom is 0.503 e. The van der Waals surface area contributed by atoms with Gasteiger partial charge in [-0.05, 0) is 0 Å². The number of hydrogen-bond donors (Lipinski definition) is 6.